The van der Waals surface area contributed by atoms with E-state index < -0.39 is 0 Å². The Labute approximate surface area is 117 Å². The molecule has 0 saturated carbocycles. The highest BCUT2D eigenvalue weighted by molar-refractivity contribution is 9.10. The topological polar surface area (TPSA) is 68.0 Å². The number of aromatic nitrogens is 1. The second-order valence-electron chi connectivity index (χ2n) is 3.56. The first kappa shape index (κ1) is 12.9. The summed E-state index contributed by atoms with van der Waals surface area (Å²) in [4.78, 5) is 15.8. The SMILES string of the molecule is Nc1cc(C(=O)Nc2ccc(Cl)nc2)ccc1Br. The fourth-order valence-corrected chi connectivity index (χ4v) is 1.70. The van der Waals surface area contributed by atoms with Crippen LogP contribution in [0.25, 0.3) is 0 Å². The maximum Gasteiger partial charge on any atom is 0.255 e. The number of pyridine rings is 1. The minimum Gasteiger partial charge on any atom is -0.398 e. The zero-order valence-corrected chi connectivity index (χ0v) is 11.5. The van der Waals surface area contributed by atoms with Crippen LogP contribution in [-0.2, 0) is 0 Å². The van der Waals surface area contributed by atoms with Crippen molar-refractivity contribution in [2.75, 3.05) is 11.1 Å². The maximum atomic E-state index is 11.9. The normalized spacial score (nSPS) is 10.1. The van der Waals surface area contributed by atoms with Gasteiger partial charge >= 0.3 is 0 Å². The number of nitrogens with one attached hydrogen (secondary N) is 1. The van der Waals surface area contributed by atoms with Crippen molar-refractivity contribution < 1.29 is 4.79 Å². The average Bonchev–Trinajstić information content (AvgIpc) is 2.35. The van der Waals surface area contributed by atoms with Crippen molar-refractivity contribution in [3.05, 3.63) is 51.7 Å². The van der Waals surface area contributed by atoms with E-state index in [4.69, 9.17) is 17.3 Å². The van der Waals surface area contributed by atoms with Crippen LogP contribution in [0.4, 0.5) is 11.4 Å². The quantitative estimate of drug-likeness (QED) is 0.657. The van der Waals surface area contributed by atoms with Gasteiger partial charge in [0, 0.05) is 15.7 Å². The Balaban J connectivity index is 2.16. The molecular formula is C12H9BrClN3O. The summed E-state index contributed by atoms with van der Waals surface area (Å²) < 4.78 is 0.757. The number of carbonyl (C=O) groups excluding carboxylic acids is 1. The number of rotatable bonds is 2. The van der Waals surface area contributed by atoms with Crippen LogP contribution < -0.4 is 11.1 Å². The molecule has 0 atom stereocenters. The van der Waals surface area contributed by atoms with E-state index in [1.165, 1.54) is 6.20 Å². The number of nitrogen functional groups attached to an aromatic ring is 1. The molecule has 6 heteroatoms. The van der Waals surface area contributed by atoms with E-state index in [-0.39, 0.29) is 5.91 Å². The second kappa shape index (κ2) is 5.37. The number of halogens is 2. The molecule has 1 aromatic heterocycles. The first-order chi connectivity index (χ1) is 8.56. The highest BCUT2D eigenvalue weighted by Crippen LogP contribution is 2.21. The van der Waals surface area contributed by atoms with E-state index in [0.717, 1.165) is 4.47 Å². The number of hydrogen-bond donors (Lipinski definition) is 2. The lowest BCUT2D eigenvalue weighted by atomic mass is 10.2. The fourth-order valence-electron chi connectivity index (χ4n) is 1.34. The summed E-state index contributed by atoms with van der Waals surface area (Å²) in [6.07, 6.45) is 1.49. The van der Waals surface area contributed by atoms with Crippen molar-refractivity contribution in [2.24, 2.45) is 0 Å². The molecule has 1 amide bonds. The molecule has 0 fully saturated rings. The van der Waals surface area contributed by atoms with Gasteiger partial charge in [-0.25, -0.2) is 4.98 Å². The summed E-state index contributed by atoms with van der Waals surface area (Å²) in [5.74, 6) is -0.252. The van der Waals surface area contributed by atoms with Crippen LogP contribution >= 0.6 is 27.5 Å². The third-order valence-corrected chi connectivity index (χ3v) is 3.19. The molecule has 1 aromatic carbocycles. The predicted octanol–water partition coefficient (Wildman–Crippen LogP) is 3.33. The molecule has 0 bridgehead atoms. The highest BCUT2D eigenvalue weighted by Gasteiger charge is 2.07. The van der Waals surface area contributed by atoms with Crippen molar-refractivity contribution in [1.82, 2.24) is 4.98 Å². The van der Waals surface area contributed by atoms with Crippen molar-refractivity contribution in [3.63, 3.8) is 0 Å². The maximum absolute atomic E-state index is 11.9. The summed E-state index contributed by atoms with van der Waals surface area (Å²) in [7, 11) is 0. The largest absolute Gasteiger partial charge is 0.398 e. The zero-order valence-electron chi connectivity index (χ0n) is 9.15. The molecular weight excluding hydrogens is 318 g/mol. The summed E-state index contributed by atoms with van der Waals surface area (Å²) in [5, 5.41) is 3.08. The van der Waals surface area contributed by atoms with E-state index in [1.807, 2.05) is 0 Å². The van der Waals surface area contributed by atoms with Gasteiger partial charge in [-0.1, -0.05) is 11.6 Å². The standard InChI is InChI=1S/C12H9BrClN3O/c13-9-3-1-7(5-10(9)15)12(18)17-8-2-4-11(14)16-6-8/h1-6H,15H2,(H,17,18). The van der Waals surface area contributed by atoms with Crippen molar-refractivity contribution in [1.29, 1.82) is 0 Å². The lowest BCUT2D eigenvalue weighted by Gasteiger charge is -2.06. The number of nitrogens with two attached hydrogens (primary N) is 1. The molecule has 4 nitrogen and oxygen atoms in total. The number of amides is 1. The van der Waals surface area contributed by atoms with E-state index >= 15 is 0 Å². The van der Waals surface area contributed by atoms with Crippen LogP contribution in [0.15, 0.2) is 41.0 Å². The number of carbonyl (C=O) groups is 1. The van der Waals surface area contributed by atoms with E-state index in [9.17, 15) is 4.79 Å². The molecule has 0 saturated heterocycles. The predicted molar refractivity (Wildman–Crippen MR) is 75.8 cm³/mol. The van der Waals surface area contributed by atoms with Gasteiger partial charge in [-0.2, -0.15) is 0 Å². The lowest BCUT2D eigenvalue weighted by molar-refractivity contribution is 0.102. The Morgan fingerprint density at radius 1 is 1.33 bits per heavy atom. The van der Waals surface area contributed by atoms with Crippen LogP contribution in [0.5, 0.6) is 0 Å². The second-order valence-corrected chi connectivity index (χ2v) is 4.80. The van der Waals surface area contributed by atoms with Gasteiger partial charge in [0.15, 0.2) is 0 Å². The Morgan fingerprint density at radius 2 is 2.11 bits per heavy atom. The van der Waals surface area contributed by atoms with Crippen molar-refractivity contribution >= 4 is 44.8 Å². The molecule has 2 aromatic rings. The smallest absolute Gasteiger partial charge is 0.255 e. The summed E-state index contributed by atoms with van der Waals surface area (Å²) in [6.45, 7) is 0. The summed E-state index contributed by atoms with van der Waals surface area (Å²) >= 11 is 8.93. The third-order valence-electron chi connectivity index (χ3n) is 2.24. The van der Waals surface area contributed by atoms with Crippen LogP contribution in [-0.4, -0.2) is 10.9 Å². The van der Waals surface area contributed by atoms with Gasteiger partial charge in [0.05, 0.1) is 11.9 Å². The van der Waals surface area contributed by atoms with Crippen LogP contribution in [0.1, 0.15) is 10.4 Å². The van der Waals surface area contributed by atoms with Gasteiger partial charge in [-0.05, 0) is 46.3 Å². The monoisotopic (exact) mass is 325 g/mol. The van der Waals surface area contributed by atoms with Gasteiger partial charge in [0.1, 0.15) is 5.15 Å². The zero-order chi connectivity index (χ0) is 13.1. The van der Waals surface area contributed by atoms with Gasteiger partial charge in [0.25, 0.3) is 5.91 Å². The fraction of sp³-hybridized carbons (Fsp3) is 0. The molecule has 2 rings (SSSR count). The molecule has 0 radical (unpaired) electrons. The number of anilines is 2. The Morgan fingerprint density at radius 3 is 2.72 bits per heavy atom. The van der Waals surface area contributed by atoms with E-state index in [1.54, 1.807) is 30.3 Å². The number of nitrogens with zero attached hydrogens (tertiary/aromatic N) is 1. The molecule has 0 aliphatic rings. The van der Waals surface area contributed by atoms with Crippen molar-refractivity contribution in [2.45, 2.75) is 0 Å². The first-order valence-corrected chi connectivity index (χ1v) is 6.21. The molecule has 3 N–H and O–H groups in total. The van der Waals surface area contributed by atoms with Gasteiger partial charge in [-0.15, -0.1) is 0 Å². The Kier molecular flexibility index (Phi) is 3.84. The van der Waals surface area contributed by atoms with Crippen LogP contribution in [0.2, 0.25) is 5.15 Å². The van der Waals surface area contributed by atoms with Gasteiger partial charge in [-0.3, -0.25) is 4.79 Å². The summed E-state index contributed by atoms with van der Waals surface area (Å²) in [6, 6.07) is 8.29. The molecule has 0 aliphatic heterocycles. The molecule has 1 heterocycles. The first-order valence-electron chi connectivity index (χ1n) is 5.04. The lowest BCUT2D eigenvalue weighted by Crippen LogP contribution is -2.12. The third kappa shape index (κ3) is 3.00. The molecule has 92 valence electrons. The Bertz CT molecular complexity index is 586. The number of hydrogen-bond acceptors (Lipinski definition) is 3. The van der Waals surface area contributed by atoms with Gasteiger partial charge < -0.3 is 11.1 Å². The number of benzene rings is 1. The molecule has 0 aliphatic carbocycles. The van der Waals surface area contributed by atoms with Gasteiger partial charge in [0.2, 0.25) is 0 Å². The van der Waals surface area contributed by atoms with Crippen LogP contribution in [0.3, 0.4) is 0 Å². The minimum atomic E-state index is -0.252. The minimum absolute atomic E-state index is 0.252. The highest BCUT2D eigenvalue weighted by atomic mass is 79.9. The Hall–Kier alpha value is -1.59. The molecule has 0 unspecified atom stereocenters. The van der Waals surface area contributed by atoms with E-state index in [0.29, 0.717) is 22.1 Å². The molecule has 18 heavy (non-hydrogen) atoms. The molecule has 0 spiro atoms. The van der Waals surface area contributed by atoms with E-state index in [2.05, 4.69) is 26.2 Å². The van der Waals surface area contributed by atoms with Crippen LogP contribution in [0, 0.1) is 0 Å². The van der Waals surface area contributed by atoms with Crippen molar-refractivity contribution in [3.8, 4) is 0 Å². The average molecular weight is 327 g/mol. The summed E-state index contributed by atoms with van der Waals surface area (Å²) in [5.41, 5.74) is 7.28.